The van der Waals surface area contributed by atoms with Crippen LogP contribution in [0.15, 0.2) is 24.3 Å². The molecule has 2 rings (SSSR count). The van der Waals surface area contributed by atoms with E-state index in [1.807, 2.05) is 32.0 Å². The van der Waals surface area contributed by atoms with Crippen LogP contribution in [0.4, 0.5) is 17.5 Å². The first kappa shape index (κ1) is 16.0. The van der Waals surface area contributed by atoms with Gasteiger partial charge < -0.3 is 16.0 Å². The number of hydrogen-bond donors (Lipinski definition) is 2. The lowest BCUT2D eigenvalue weighted by atomic mass is 10.1. The van der Waals surface area contributed by atoms with Crippen LogP contribution in [-0.4, -0.2) is 29.5 Å². The van der Waals surface area contributed by atoms with Crippen LogP contribution < -0.4 is 16.0 Å². The van der Waals surface area contributed by atoms with E-state index in [2.05, 4.69) is 15.3 Å². The highest BCUT2D eigenvalue weighted by atomic mass is 35.5. The van der Waals surface area contributed by atoms with E-state index in [4.69, 9.17) is 17.3 Å². The number of halogens is 1. The van der Waals surface area contributed by atoms with Gasteiger partial charge in [0, 0.05) is 18.8 Å². The van der Waals surface area contributed by atoms with Gasteiger partial charge in [-0.2, -0.15) is 4.98 Å². The van der Waals surface area contributed by atoms with Crippen molar-refractivity contribution in [2.75, 3.05) is 29.5 Å². The molecule has 0 spiro atoms. The van der Waals surface area contributed by atoms with E-state index >= 15 is 0 Å². The maximum atomic E-state index is 12.2. The molecule has 22 heavy (non-hydrogen) atoms. The van der Waals surface area contributed by atoms with Gasteiger partial charge in [-0.15, -0.1) is 0 Å². The number of nitrogens with zero attached hydrogens (tertiary/aromatic N) is 3. The zero-order valence-electron chi connectivity index (χ0n) is 12.7. The molecule has 116 valence electrons. The van der Waals surface area contributed by atoms with Crippen molar-refractivity contribution >= 4 is 35.0 Å². The predicted molar refractivity (Wildman–Crippen MR) is 89.3 cm³/mol. The van der Waals surface area contributed by atoms with Gasteiger partial charge in [0.05, 0.1) is 6.54 Å². The Hall–Kier alpha value is -2.34. The first-order valence-corrected chi connectivity index (χ1v) is 7.12. The van der Waals surface area contributed by atoms with Gasteiger partial charge in [0.15, 0.2) is 0 Å². The van der Waals surface area contributed by atoms with E-state index in [1.165, 1.54) is 0 Å². The van der Waals surface area contributed by atoms with E-state index in [-0.39, 0.29) is 23.6 Å². The van der Waals surface area contributed by atoms with Crippen LogP contribution in [0.2, 0.25) is 5.15 Å². The predicted octanol–water partition coefficient (Wildman–Crippen LogP) is 2.40. The third-order valence-corrected chi connectivity index (χ3v) is 3.54. The van der Waals surface area contributed by atoms with E-state index < -0.39 is 0 Å². The van der Waals surface area contributed by atoms with Gasteiger partial charge in [-0.1, -0.05) is 23.7 Å². The van der Waals surface area contributed by atoms with Crippen LogP contribution in [0.5, 0.6) is 0 Å². The number of carbonyl (C=O) groups is 1. The maximum absolute atomic E-state index is 12.2. The fourth-order valence-electron chi connectivity index (χ4n) is 1.99. The molecule has 1 aromatic heterocycles. The lowest BCUT2D eigenvalue weighted by molar-refractivity contribution is -0.114. The second-order valence-corrected chi connectivity index (χ2v) is 5.45. The molecule has 0 aliphatic carbocycles. The Balaban J connectivity index is 2.06. The van der Waals surface area contributed by atoms with Crippen LogP contribution in [-0.2, 0) is 4.79 Å². The Morgan fingerprint density at radius 1 is 1.36 bits per heavy atom. The third-order valence-electron chi connectivity index (χ3n) is 3.35. The molecule has 0 saturated heterocycles. The third kappa shape index (κ3) is 3.85. The van der Waals surface area contributed by atoms with Crippen molar-refractivity contribution in [3.63, 3.8) is 0 Å². The Labute approximate surface area is 134 Å². The Morgan fingerprint density at radius 2 is 2.09 bits per heavy atom. The Morgan fingerprint density at radius 3 is 2.77 bits per heavy atom. The molecule has 0 saturated carbocycles. The van der Waals surface area contributed by atoms with Gasteiger partial charge in [0.25, 0.3) is 0 Å². The summed E-state index contributed by atoms with van der Waals surface area (Å²) in [4.78, 5) is 21.7. The molecule has 1 amide bonds. The quantitative estimate of drug-likeness (QED) is 0.845. The van der Waals surface area contributed by atoms with Gasteiger partial charge in [0.2, 0.25) is 11.9 Å². The molecule has 3 N–H and O–H groups in total. The van der Waals surface area contributed by atoms with Gasteiger partial charge in [-0.25, -0.2) is 4.98 Å². The summed E-state index contributed by atoms with van der Waals surface area (Å²) in [6.45, 7) is 4.10. The largest absolute Gasteiger partial charge is 0.368 e. The number of anilines is 3. The first-order chi connectivity index (χ1) is 10.4. The van der Waals surface area contributed by atoms with Crippen LogP contribution >= 0.6 is 11.6 Å². The summed E-state index contributed by atoms with van der Waals surface area (Å²) < 4.78 is 0. The Kier molecular flexibility index (Phi) is 4.82. The zero-order valence-corrected chi connectivity index (χ0v) is 13.5. The molecule has 0 aliphatic heterocycles. The molecule has 0 radical (unpaired) electrons. The molecule has 0 atom stereocenters. The first-order valence-electron chi connectivity index (χ1n) is 6.74. The number of hydrogen-bond acceptors (Lipinski definition) is 5. The average Bonchev–Trinajstić information content (AvgIpc) is 2.42. The molecule has 6 nitrogen and oxygen atoms in total. The smallest absolute Gasteiger partial charge is 0.243 e. The van der Waals surface area contributed by atoms with Gasteiger partial charge in [0.1, 0.15) is 11.0 Å². The molecule has 0 aliphatic rings. The van der Waals surface area contributed by atoms with Crippen molar-refractivity contribution in [3.05, 3.63) is 40.5 Å². The number of nitrogens with two attached hydrogens (primary N) is 1. The molecule has 1 heterocycles. The van der Waals surface area contributed by atoms with E-state index in [1.54, 1.807) is 18.0 Å². The van der Waals surface area contributed by atoms with E-state index in [0.29, 0.717) is 5.82 Å². The van der Waals surface area contributed by atoms with Crippen molar-refractivity contribution in [2.24, 2.45) is 0 Å². The highest BCUT2D eigenvalue weighted by molar-refractivity contribution is 6.29. The van der Waals surface area contributed by atoms with Crippen molar-refractivity contribution in [1.29, 1.82) is 0 Å². The fraction of sp³-hybridized carbons (Fsp3) is 0.267. The molecule has 1 aromatic carbocycles. The summed E-state index contributed by atoms with van der Waals surface area (Å²) in [5.41, 5.74) is 8.53. The van der Waals surface area contributed by atoms with Crippen LogP contribution in [0.3, 0.4) is 0 Å². The number of carbonyl (C=O) groups excluding carboxylic acids is 1. The van der Waals surface area contributed by atoms with Gasteiger partial charge in [-0.05, 0) is 31.0 Å². The number of nitrogens with one attached hydrogen (secondary N) is 1. The number of benzene rings is 1. The van der Waals surface area contributed by atoms with Crippen LogP contribution in [0.1, 0.15) is 11.1 Å². The standard InChI is InChI=1S/C15H18ClN5O/c1-9-5-4-6-11(10(9)2)18-14(22)8-21(3)13-7-12(16)19-15(17)20-13/h4-7H,8H2,1-3H3,(H,18,22)(H2,17,19,20). The molecule has 0 bridgehead atoms. The monoisotopic (exact) mass is 319 g/mol. The fourth-order valence-corrected chi connectivity index (χ4v) is 2.18. The minimum Gasteiger partial charge on any atom is -0.368 e. The van der Waals surface area contributed by atoms with Crippen LogP contribution in [0, 0.1) is 13.8 Å². The summed E-state index contributed by atoms with van der Waals surface area (Å²) in [7, 11) is 1.74. The number of aryl methyl sites for hydroxylation is 1. The lowest BCUT2D eigenvalue weighted by Crippen LogP contribution is -2.31. The van der Waals surface area contributed by atoms with Crippen molar-refractivity contribution in [3.8, 4) is 0 Å². The summed E-state index contributed by atoms with van der Waals surface area (Å²) >= 11 is 5.84. The summed E-state index contributed by atoms with van der Waals surface area (Å²) in [5, 5.41) is 3.13. The van der Waals surface area contributed by atoms with Crippen molar-refractivity contribution < 1.29 is 4.79 Å². The lowest BCUT2D eigenvalue weighted by Gasteiger charge is -2.18. The summed E-state index contributed by atoms with van der Waals surface area (Å²) in [5.74, 6) is 0.419. The van der Waals surface area contributed by atoms with E-state index in [9.17, 15) is 4.79 Å². The molecular formula is C15H18ClN5O. The van der Waals surface area contributed by atoms with E-state index in [0.717, 1.165) is 16.8 Å². The van der Waals surface area contributed by atoms with Crippen molar-refractivity contribution in [1.82, 2.24) is 9.97 Å². The minimum atomic E-state index is -0.149. The number of amides is 1. The maximum Gasteiger partial charge on any atom is 0.243 e. The second-order valence-electron chi connectivity index (χ2n) is 5.06. The minimum absolute atomic E-state index is 0.0734. The molecule has 0 fully saturated rings. The van der Waals surface area contributed by atoms with Gasteiger partial charge in [-0.3, -0.25) is 4.79 Å². The molecule has 0 unspecified atom stereocenters. The number of nitrogen functional groups attached to an aromatic ring is 1. The molecule has 7 heteroatoms. The highest BCUT2D eigenvalue weighted by Gasteiger charge is 2.12. The second kappa shape index (κ2) is 6.62. The average molecular weight is 320 g/mol. The molecule has 2 aromatic rings. The SMILES string of the molecule is Cc1cccc(NC(=O)CN(C)c2cc(Cl)nc(N)n2)c1C. The van der Waals surface area contributed by atoms with Crippen molar-refractivity contribution in [2.45, 2.75) is 13.8 Å². The van der Waals surface area contributed by atoms with Crippen LogP contribution in [0.25, 0.3) is 0 Å². The number of likely N-dealkylation sites (N-methyl/N-ethyl adjacent to an activating group) is 1. The zero-order chi connectivity index (χ0) is 16.3. The molecular weight excluding hydrogens is 302 g/mol. The number of rotatable bonds is 4. The summed E-state index contributed by atoms with van der Waals surface area (Å²) in [6.07, 6.45) is 0. The number of aromatic nitrogens is 2. The van der Waals surface area contributed by atoms with Gasteiger partial charge >= 0.3 is 0 Å². The Bertz CT molecular complexity index is 684. The highest BCUT2D eigenvalue weighted by Crippen LogP contribution is 2.19. The topological polar surface area (TPSA) is 84.1 Å². The summed E-state index contributed by atoms with van der Waals surface area (Å²) in [6, 6.07) is 7.35. The normalized spacial score (nSPS) is 10.4.